The number of amides is 2. The molecule has 0 aliphatic heterocycles. The van der Waals surface area contributed by atoms with Gasteiger partial charge in [-0.3, -0.25) is 9.59 Å². The van der Waals surface area contributed by atoms with Crippen molar-refractivity contribution >= 4 is 39.4 Å². The average molecular weight is 544 g/mol. The lowest BCUT2D eigenvalue weighted by Crippen LogP contribution is -2.30. The molecule has 2 N–H and O–H groups in total. The molecule has 0 fully saturated rings. The highest BCUT2D eigenvalue weighted by molar-refractivity contribution is 7.90. The lowest BCUT2D eigenvalue weighted by molar-refractivity contribution is 0.0327. The Morgan fingerprint density at radius 2 is 1.59 bits per heavy atom. The van der Waals surface area contributed by atoms with E-state index in [0.717, 1.165) is 11.8 Å². The monoisotopic (exact) mass is 543 g/mol. The van der Waals surface area contributed by atoms with Crippen LogP contribution in [0.4, 0.5) is 0 Å². The van der Waals surface area contributed by atoms with E-state index in [0.29, 0.717) is 30.0 Å². The molecule has 0 aliphatic rings. The van der Waals surface area contributed by atoms with Gasteiger partial charge in [-0.15, -0.1) is 0 Å². The summed E-state index contributed by atoms with van der Waals surface area (Å²) in [6, 6.07) is 15.1. The summed E-state index contributed by atoms with van der Waals surface area (Å²) in [5.41, 5.74) is 1.26. The van der Waals surface area contributed by atoms with Crippen molar-refractivity contribution in [3.8, 4) is 0 Å². The van der Waals surface area contributed by atoms with Crippen LogP contribution in [-0.2, 0) is 21.2 Å². The summed E-state index contributed by atoms with van der Waals surface area (Å²) in [5, 5.41) is 3.33. The van der Waals surface area contributed by atoms with Gasteiger partial charge in [-0.25, -0.2) is 22.9 Å². The maximum atomic E-state index is 12.6. The molecule has 0 saturated carbocycles. The highest BCUT2D eigenvalue weighted by Crippen LogP contribution is 2.13. The molecule has 1 atom stereocenters. The number of carbonyl (C=O) groups is 3. The van der Waals surface area contributed by atoms with Crippen molar-refractivity contribution in [2.75, 3.05) is 6.54 Å². The summed E-state index contributed by atoms with van der Waals surface area (Å²) in [6.45, 7) is 3.96. The van der Waals surface area contributed by atoms with Crippen LogP contribution in [0.3, 0.4) is 0 Å². The lowest BCUT2D eigenvalue weighted by atomic mass is 10.1. The van der Waals surface area contributed by atoms with Gasteiger partial charge in [-0.1, -0.05) is 30.7 Å². The summed E-state index contributed by atoms with van der Waals surface area (Å²) >= 11 is 5.82. The molecule has 3 aromatic rings. The van der Waals surface area contributed by atoms with E-state index in [9.17, 15) is 22.8 Å². The van der Waals surface area contributed by atoms with Gasteiger partial charge in [0.2, 0.25) is 0 Å². The molecule has 37 heavy (non-hydrogen) atoms. The van der Waals surface area contributed by atoms with Crippen LogP contribution in [-0.4, -0.2) is 43.8 Å². The van der Waals surface area contributed by atoms with E-state index in [2.05, 4.69) is 10.3 Å². The third kappa shape index (κ3) is 7.86. The van der Waals surface area contributed by atoms with Crippen molar-refractivity contribution in [3.05, 3.63) is 94.3 Å². The number of rotatable bonds is 10. The topological polar surface area (TPSA) is 132 Å². The molecule has 0 radical (unpaired) electrons. The van der Waals surface area contributed by atoms with Gasteiger partial charge in [0.25, 0.3) is 21.8 Å². The highest BCUT2D eigenvalue weighted by atomic mass is 35.5. The first kappa shape index (κ1) is 27.8. The number of esters is 1. The van der Waals surface area contributed by atoms with Crippen LogP contribution in [0.2, 0.25) is 5.02 Å². The molecule has 0 spiro atoms. The number of hydrogen-bond acceptors (Lipinski definition) is 7. The number of sulfonamides is 1. The summed E-state index contributed by atoms with van der Waals surface area (Å²) in [6.07, 6.45) is 1.96. The number of halogens is 1. The van der Waals surface area contributed by atoms with Crippen molar-refractivity contribution in [1.82, 2.24) is 15.0 Å². The van der Waals surface area contributed by atoms with E-state index < -0.39 is 21.9 Å². The zero-order valence-corrected chi connectivity index (χ0v) is 21.8. The molecule has 1 aromatic heterocycles. The molecule has 0 aliphatic carbocycles. The van der Waals surface area contributed by atoms with Crippen LogP contribution >= 0.6 is 11.6 Å². The molecular formula is C26H26ClN3O6S. The van der Waals surface area contributed by atoms with Crippen molar-refractivity contribution in [2.45, 2.75) is 37.7 Å². The molecule has 3 rings (SSSR count). The molecule has 1 unspecified atom stereocenters. The van der Waals surface area contributed by atoms with E-state index in [-0.39, 0.29) is 28.2 Å². The van der Waals surface area contributed by atoms with Crippen LogP contribution in [0.15, 0.2) is 71.8 Å². The van der Waals surface area contributed by atoms with Crippen molar-refractivity contribution in [1.29, 1.82) is 0 Å². The fourth-order valence-electron chi connectivity index (χ4n) is 3.07. The fourth-order valence-corrected chi connectivity index (χ4v) is 4.17. The maximum Gasteiger partial charge on any atom is 0.357 e. The number of benzene rings is 2. The third-order valence-electron chi connectivity index (χ3n) is 5.38. The Kier molecular flexibility index (Phi) is 9.37. The summed E-state index contributed by atoms with van der Waals surface area (Å²) in [5.74, 6) is -1.75. The maximum absolute atomic E-state index is 12.6. The Labute approximate surface area is 220 Å². The third-order valence-corrected chi connectivity index (χ3v) is 6.98. The molecular weight excluding hydrogens is 518 g/mol. The first-order valence-corrected chi connectivity index (χ1v) is 13.3. The van der Waals surface area contributed by atoms with Crippen LogP contribution in [0, 0.1) is 0 Å². The summed E-state index contributed by atoms with van der Waals surface area (Å²) in [7, 11) is -4.14. The van der Waals surface area contributed by atoms with E-state index in [1.807, 2.05) is 11.6 Å². The minimum absolute atomic E-state index is 0.0136. The summed E-state index contributed by atoms with van der Waals surface area (Å²) in [4.78, 5) is 40.4. The zero-order valence-electron chi connectivity index (χ0n) is 20.2. The molecule has 2 aromatic carbocycles. The van der Waals surface area contributed by atoms with Crippen LogP contribution < -0.4 is 10.0 Å². The summed E-state index contributed by atoms with van der Waals surface area (Å²) < 4.78 is 32.5. The second-order valence-electron chi connectivity index (χ2n) is 8.15. The van der Waals surface area contributed by atoms with Gasteiger partial charge in [0, 0.05) is 23.3 Å². The Bertz CT molecular complexity index is 1360. The number of aromatic nitrogens is 1. The average Bonchev–Trinajstić information content (AvgIpc) is 2.89. The van der Waals surface area contributed by atoms with Crippen molar-refractivity contribution < 1.29 is 27.5 Å². The number of pyridine rings is 1. The number of hydrogen-bond donors (Lipinski definition) is 2. The van der Waals surface area contributed by atoms with E-state index in [1.54, 1.807) is 43.3 Å². The quantitative estimate of drug-likeness (QED) is 0.372. The lowest BCUT2D eigenvalue weighted by Gasteiger charge is -2.11. The van der Waals surface area contributed by atoms with Crippen LogP contribution in [0.5, 0.6) is 0 Å². The number of nitrogens with zero attached hydrogens (tertiary/aromatic N) is 1. The Balaban J connectivity index is 1.54. The first-order chi connectivity index (χ1) is 17.6. The molecule has 9 nitrogen and oxygen atoms in total. The van der Waals surface area contributed by atoms with Crippen molar-refractivity contribution in [2.24, 2.45) is 0 Å². The van der Waals surface area contributed by atoms with Gasteiger partial charge in [-0.05, 0) is 73.9 Å². The van der Waals surface area contributed by atoms with E-state index in [4.69, 9.17) is 16.3 Å². The van der Waals surface area contributed by atoms with Gasteiger partial charge in [0.05, 0.1) is 16.6 Å². The van der Waals surface area contributed by atoms with Gasteiger partial charge in [0.1, 0.15) is 5.69 Å². The smallest absolute Gasteiger partial charge is 0.357 e. The number of nitrogens with one attached hydrogen (secondary N) is 2. The van der Waals surface area contributed by atoms with Gasteiger partial charge in [0.15, 0.2) is 0 Å². The molecule has 0 saturated heterocycles. The van der Waals surface area contributed by atoms with Gasteiger partial charge >= 0.3 is 5.97 Å². The normalized spacial score (nSPS) is 11.9. The van der Waals surface area contributed by atoms with Crippen molar-refractivity contribution in [3.63, 3.8) is 0 Å². The molecule has 194 valence electrons. The van der Waals surface area contributed by atoms with E-state index in [1.165, 1.54) is 24.3 Å². The predicted octanol–water partition coefficient (Wildman–Crippen LogP) is 3.78. The second-order valence-corrected chi connectivity index (χ2v) is 10.3. The Morgan fingerprint density at radius 1 is 0.946 bits per heavy atom. The standard InChI is InChI=1S/C26H26ClN3O6S/c1-3-17(2)36-26(33)23-13-8-20(16-29-23)25(32)30-37(34,35)22-11-4-18(5-12-22)14-15-28-24(31)19-6-9-21(27)10-7-19/h4-13,16-17H,3,14-15H2,1-2H3,(H,28,31)(H,30,32). The predicted molar refractivity (Wildman–Crippen MR) is 138 cm³/mol. The molecule has 0 bridgehead atoms. The Hall–Kier alpha value is -3.76. The highest BCUT2D eigenvalue weighted by Gasteiger charge is 2.20. The minimum Gasteiger partial charge on any atom is -0.458 e. The van der Waals surface area contributed by atoms with E-state index >= 15 is 0 Å². The number of ether oxygens (including phenoxy) is 1. The van der Waals surface area contributed by atoms with Crippen LogP contribution in [0.25, 0.3) is 0 Å². The number of carbonyl (C=O) groups excluding carboxylic acids is 3. The van der Waals surface area contributed by atoms with Crippen LogP contribution in [0.1, 0.15) is 57.0 Å². The Morgan fingerprint density at radius 3 is 2.19 bits per heavy atom. The molecule has 2 amide bonds. The SMILES string of the molecule is CCC(C)OC(=O)c1ccc(C(=O)NS(=O)(=O)c2ccc(CCNC(=O)c3ccc(Cl)cc3)cc2)cn1. The molecule has 1 heterocycles. The fraction of sp³-hybridized carbons (Fsp3) is 0.231. The largest absolute Gasteiger partial charge is 0.458 e. The minimum atomic E-state index is -4.14. The zero-order chi connectivity index (χ0) is 27.0. The van der Waals surface area contributed by atoms with Gasteiger partial charge < -0.3 is 10.1 Å². The second kappa shape index (κ2) is 12.5. The first-order valence-electron chi connectivity index (χ1n) is 11.5. The van der Waals surface area contributed by atoms with Gasteiger partial charge in [-0.2, -0.15) is 0 Å². The molecule has 11 heteroatoms.